The first kappa shape index (κ1) is 26.7. The van der Waals surface area contributed by atoms with Crippen LogP contribution in [0.25, 0.3) is 5.70 Å². The van der Waals surface area contributed by atoms with Gasteiger partial charge in [-0.3, -0.25) is 19.5 Å². The van der Waals surface area contributed by atoms with Crippen LogP contribution in [0.5, 0.6) is 0 Å². The van der Waals surface area contributed by atoms with E-state index in [-0.39, 0.29) is 11.8 Å². The highest BCUT2D eigenvalue weighted by Gasteiger charge is 2.25. The van der Waals surface area contributed by atoms with Gasteiger partial charge in [0.05, 0.1) is 12.1 Å². The fourth-order valence-corrected chi connectivity index (χ4v) is 4.35. The largest absolute Gasteiger partial charge is 0.385 e. The number of H-pyrrole nitrogens is 1. The smallest absolute Gasteiger partial charge is 0.270 e. The van der Waals surface area contributed by atoms with Crippen LogP contribution < -0.4 is 16.4 Å². The molecule has 0 saturated carbocycles. The quantitative estimate of drug-likeness (QED) is 0.199. The summed E-state index contributed by atoms with van der Waals surface area (Å²) in [5.41, 5.74) is 10.1. The van der Waals surface area contributed by atoms with Gasteiger partial charge in [-0.25, -0.2) is 0 Å². The summed E-state index contributed by atoms with van der Waals surface area (Å²) in [4.78, 5) is 36.5. The number of benzene rings is 2. The molecule has 0 atom stereocenters. The average molecular weight is 514 g/mol. The molecule has 2 aromatic carbocycles. The topological polar surface area (TPSA) is 119 Å². The number of carbonyl (C=O) groups is 2. The molecule has 4 rings (SSSR count). The van der Waals surface area contributed by atoms with Gasteiger partial charge in [-0.1, -0.05) is 67.2 Å². The molecular weight excluding hydrogens is 478 g/mol. The van der Waals surface area contributed by atoms with E-state index in [1.807, 2.05) is 53.4 Å². The number of aromatic amines is 1. The van der Waals surface area contributed by atoms with Crippen molar-refractivity contribution in [3.8, 4) is 0 Å². The van der Waals surface area contributed by atoms with Gasteiger partial charge in [0.25, 0.3) is 5.91 Å². The first-order valence-corrected chi connectivity index (χ1v) is 12.8. The van der Waals surface area contributed by atoms with Crippen LogP contribution in [0.1, 0.15) is 34.1 Å². The summed E-state index contributed by atoms with van der Waals surface area (Å²) in [6, 6.07) is 21.8. The van der Waals surface area contributed by atoms with Crippen molar-refractivity contribution in [1.29, 1.82) is 0 Å². The minimum absolute atomic E-state index is 0.0956. The van der Waals surface area contributed by atoms with Crippen LogP contribution in [0.4, 0.5) is 5.82 Å². The molecule has 0 unspecified atom stereocenters. The Morgan fingerprint density at radius 1 is 1.03 bits per heavy atom. The summed E-state index contributed by atoms with van der Waals surface area (Å²) < 4.78 is 0. The number of nitrogens with zero attached hydrogens (tertiary/aromatic N) is 3. The Morgan fingerprint density at radius 3 is 2.34 bits per heavy atom. The van der Waals surface area contributed by atoms with Crippen molar-refractivity contribution < 1.29 is 9.59 Å². The van der Waals surface area contributed by atoms with E-state index in [2.05, 4.69) is 44.2 Å². The molecule has 1 fully saturated rings. The standard InChI is InChI=1S/C29H35N7O2/c1-21(24-11-7-4-8-12-24)33-28(32-14-13-31-22(2)37)25-19-26(34-27(25)30)29(38)36-17-15-35(16-18-36)20-23-9-5-3-6-10-23/h3-12,19,34H,1,13-18,20,30H2,2H3,(H,31,37)(H,32,33). The monoisotopic (exact) mass is 513 g/mol. The summed E-state index contributed by atoms with van der Waals surface area (Å²) in [6.07, 6.45) is 0. The number of rotatable bonds is 9. The summed E-state index contributed by atoms with van der Waals surface area (Å²) in [5, 5.41) is 5.99. The Balaban J connectivity index is 1.45. The van der Waals surface area contributed by atoms with Crippen LogP contribution >= 0.6 is 0 Å². The van der Waals surface area contributed by atoms with Gasteiger partial charge in [0.1, 0.15) is 17.3 Å². The van der Waals surface area contributed by atoms with Crippen LogP contribution in [0.3, 0.4) is 0 Å². The maximum atomic E-state index is 13.3. The SMILES string of the molecule is C=C(NC(=NCCNC(C)=O)c1cc(C(=O)N2CCN(Cc3ccccc3)CC2)[nH]c1N)c1ccccc1. The lowest BCUT2D eigenvalue weighted by atomic mass is 10.1. The Labute approximate surface area is 223 Å². The lowest BCUT2D eigenvalue weighted by Gasteiger charge is -2.34. The number of hydrogen-bond donors (Lipinski definition) is 4. The van der Waals surface area contributed by atoms with Gasteiger partial charge in [0, 0.05) is 51.9 Å². The zero-order chi connectivity index (χ0) is 26.9. The molecule has 0 radical (unpaired) electrons. The number of aliphatic imine (C=N–C) groups is 1. The zero-order valence-corrected chi connectivity index (χ0v) is 21.7. The molecule has 9 nitrogen and oxygen atoms in total. The van der Waals surface area contributed by atoms with Gasteiger partial charge in [0.15, 0.2) is 0 Å². The predicted octanol–water partition coefficient (Wildman–Crippen LogP) is 2.70. The van der Waals surface area contributed by atoms with Crippen molar-refractivity contribution >= 4 is 29.2 Å². The molecule has 9 heteroatoms. The number of piperazine rings is 1. The Morgan fingerprint density at radius 2 is 1.68 bits per heavy atom. The van der Waals surface area contributed by atoms with Crippen molar-refractivity contribution in [2.24, 2.45) is 4.99 Å². The molecule has 2 amide bonds. The van der Waals surface area contributed by atoms with Gasteiger partial charge in [-0.15, -0.1) is 0 Å². The molecule has 0 spiro atoms. The fourth-order valence-electron chi connectivity index (χ4n) is 4.35. The highest BCUT2D eigenvalue weighted by Crippen LogP contribution is 2.19. The Kier molecular flexibility index (Phi) is 8.94. The summed E-state index contributed by atoms with van der Waals surface area (Å²) >= 11 is 0. The third-order valence-corrected chi connectivity index (χ3v) is 6.39. The first-order valence-electron chi connectivity index (χ1n) is 12.8. The van der Waals surface area contributed by atoms with Gasteiger partial charge >= 0.3 is 0 Å². The summed E-state index contributed by atoms with van der Waals surface area (Å²) in [6.45, 7) is 10.1. The molecule has 1 saturated heterocycles. The number of nitrogens with two attached hydrogens (primary N) is 1. The maximum absolute atomic E-state index is 13.3. The molecule has 38 heavy (non-hydrogen) atoms. The molecule has 1 aliphatic rings. The first-order chi connectivity index (χ1) is 18.4. The van der Waals surface area contributed by atoms with Crippen molar-refractivity contribution in [1.82, 2.24) is 25.4 Å². The molecule has 1 aromatic heterocycles. The average Bonchev–Trinajstić information content (AvgIpc) is 3.32. The summed E-state index contributed by atoms with van der Waals surface area (Å²) in [5.74, 6) is 0.593. The number of carbonyl (C=O) groups excluding carboxylic acids is 2. The van der Waals surface area contributed by atoms with Crippen LogP contribution in [-0.4, -0.2) is 71.7 Å². The number of amidine groups is 1. The minimum Gasteiger partial charge on any atom is -0.385 e. The molecule has 3 aromatic rings. The van der Waals surface area contributed by atoms with E-state index in [4.69, 9.17) is 5.73 Å². The van der Waals surface area contributed by atoms with Crippen molar-refractivity contribution in [2.75, 3.05) is 45.0 Å². The number of amides is 2. The van der Waals surface area contributed by atoms with Gasteiger partial charge in [-0.2, -0.15) is 0 Å². The van der Waals surface area contributed by atoms with E-state index < -0.39 is 0 Å². The molecule has 5 N–H and O–H groups in total. The highest BCUT2D eigenvalue weighted by molar-refractivity contribution is 6.08. The predicted molar refractivity (Wildman–Crippen MR) is 152 cm³/mol. The van der Waals surface area contributed by atoms with E-state index in [1.165, 1.54) is 12.5 Å². The highest BCUT2D eigenvalue weighted by atomic mass is 16.2. The van der Waals surface area contributed by atoms with Crippen molar-refractivity contribution in [3.63, 3.8) is 0 Å². The van der Waals surface area contributed by atoms with Crippen LogP contribution in [0, 0.1) is 0 Å². The molecule has 1 aliphatic heterocycles. The van der Waals surface area contributed by atoms with Crippen LogP contribution in [0.2, 0.25) is 0 Å². The number of nitrogens with one attached hydrogen (secondary N) is 3. The second kappa shape index (κ2) is 12.7. The lowest BCUT2D eigenvalue weighted by molar-refractivity contribution is -0.118. The summed E-state index contributed by atoms with van der Waals surface area (Å²) in [7, 11) is 0. The van der Waals surface area contributed by atoms with E-state index in [9.17, 15) is 9.59 Å². The van der Waals surface area contributed by atoms with Crippen molar-refractivity contribution in [2.45, 2.75) is 13.5 Å². The second-order valence-corrected chi connectivity index (χ2v) is 9.25. The molecule has 198 valence electrons. The number of hydrogen-bond acceptors (Lipinski definition) is 5. The Bertz CT molecular complexity index is 1280. The molecule has 0 aliphatic carbocycles. The molecule has 0 bridgehead atoms. The van der Waals surface area contributed by atoms with E-state index in [0.29, 0.717) is 54.8 Å². The van der Waals surface area contributed by atoms with E-state index >= 15 is 0 Å². The lowest BCUT2D eigenvalue weighted by Crippen LogP contribution is -2.48. The van der Waals surface area contributed by atoms with E-state index in [0.717, 1.165) is 25.2 Å². The second-order valence-electron chi connectivity index (χ2n) is 9.25. The van der Waals surface area contributed by atoms with Crippen LogP contribution in [0.15, 0.2) is 78.3 Å². The van der Waals surface area contributed by atoms with E-state index in [1.54, 1.807) is 6.07 Å². The fraction of sp³-hybridized carbons (Fsp3) is 0.276. The third-order valence-electron chi connectivity index (χ3n) is 6.39. The molecular formula is C29H35N7O2. The van der Waals surface area contributed by atoms with Gasteiger partial charge in [-0.05, 0) is 17.2 Å². The molecule has 2 heterocycles. The maximum Gasteiger partial charge on any atom is 0.270 e. The number of aromatic nitrogens is 1. The van der Waals surface area contributed by atoms with Crippen molar-refractivity contribution in [3.05, 3.63) is 95.7 Å². The normalized spacial score (nSPS) is 14.2. The van der Waals surface area contributed by atoms with Gasteiger partial charge in [0.2, 0.25) is 5.91 Å². The number of nitrogen functional groups attached to an aromatic ring is 1. The van der Waals surface area contributed by atoms with Crippen LogP contribution in [-0.2, 0) is 11.3 Å². The Hall–Kier alpha value is -4.37. The number of anilines is 1. The zero-order valence-electron chi connectivity index (χ0n) is 21.7. The third kappa shape index (κ3) is 7.10. The minimum atomic E-state index is -0.124. The van der Waals surface area contributed by atoms with Gasteiger partial charge < -0.3 is 26.3 Å².